The van der Waals surface area contributed by atoms with Gasteiger partial charge in [0.25, 0.3) is 0 Å². The molecule has 3 nitrogen and oxygen atoms in total. The molecule has 1 saturated heterocycles. The predicted octanol–water partition coefficient (Wildman–Crippen LogP) is 3.71. The third kappa shape index (κ3) is 3.26. The number of aliphatic hydroxyl groups is 1. The highest BCUT2D eigenvalue weighted by molar-refractivity contribution is 8.01. The summed E-state index contributed by atoms with van der Waals surface area (Å²) in [5.74, 6) is 0. The number of hydrogen-bond acceptors (Lipinski definition) is 5. The zero-order valence-corrected chi connectivity index (χ0v) is 15.3. The zero-order valence-electron chi connectivity index (χ0n) is 13.6. The van der Waals surface area contributed by atoms with Gasteiger partial charge in [0, 0.05) is 55.5 Å². The van der Waals surface area contributed by atoms with Gasteiger partial charge in [-0.3, -0.25) is 4.90 Å². The minimum atomic E-state index is 0.289. The summed E-state index contributed by atoms with van der Waals surface area (Å²) >= 11 is 3.73. The first-order valence-electron chi connectivity index (χ1n) is 8.50. The molecule has 2 aliphatic heterocycles. The summed E-state index contributed by atoms with van der Waals surface area (Å²) in [5, 5.41) is 11.2. The lowest BCUT2D eigenvalue weighted by Crippen LogP contribution is -2.45. The fourth-order valence-corrected chi connectivity index (χ4v) is 5.48. The maximum atomic E-state index is 9.02. The van der Waals surface area contributed by atoms with E-state index in [1.807, 2.05) is 23.1 Å². The Labute approximate surface area is 151 Å². The second-order valence-corrected chi connectivity index (χ2v) is 8.42. The molecule has 0 spiro atoms. The lowest BCUT2D eigenvalue weighted by atomic mass is 10.1. The van der Waals surface area contributed by atoms with Crippen LogP contribution in [0.5, 0.6) is 0 Å². The molecule has 0 radical (unpaired) electrons. The van der Waals surface area contributed by atoms with Crippen molar-refractivity contribution in [2.75, 3.05) is 39.3 Å². The van der Waals surface area contributed by atoms with Gasteiger partial charge in [0.1, 0.15) is 0 Å². The van der Waals surface area contributed by atoms with Gasteiger partial charge in [-0.1, -0.05) is 30.0 Å². The molecule has 0 atom stereocenters. The highest BCUT2D eigenvalue weighted by atomic mass is 32.2. The highest BCUT2D eigenvalue weighted by Crippen LogP contribution is 2.44. The first-order valence-corrected chi connectivity index (χ1v) is 10.2. The van der Waals surface area contributed by atoms with Gasteiger partial charge in [0.15, 0.2) is 0 Å². The van der Waals surface area contributed by atoms with Crippen LogP contribution in [0.15, 0.2) is 44.8 Å². The number of rotatable bonds is 4. The molecular weight excluding hydrogens is 336 g/mol. The van der Waals surface area contributed by atoms with Gasteiger partial charge < -0.3 is 10.0 Å². The van der Waals surface area contributed by atoms with Crippen molar-refractivity contribution in [2.24, 2.45) is 0 Å². The Morgan fingerprint density at radius 3 is 2.71 bits per heavy atom. The molecule has 4 rings (SSSR count). The molecule has 1 N–H and O–H groups in total. The summed E-state index contributed by atoms with van der Waals surface area (Å²) in [7, 11) is 0. The fourth-order valence-electron chi connectivity index (χ4n) is 3.35. The van der Waals surface area contributed by atoms with Crippen molar-refractivity contribution in [3.8, 4) is 0 Å². The summed E-state index contributed by atoms with van der Waals surface area (Å²) in [6.45, 7) is 5.55. The third-order valence-electron chi connectivity index (χ3n) is 4.66. The molecule has 0 unspecified atom stereocenters. The molecule has 126 valence electrons. The second-order valence-electron chi connectivity index (χ2n) is 6.20. The Hall–Kier alpha value is -1.27. The summed E-state index contributed by atoms with van der Waals surface area (Å²) in [6, 6.07) is 11.0. The van der Waals surface area contributed by atoms with E-state index in [0.29, 0.717) is 0 Å². The Morgan fingerprint density at radius 2 is 1.88 bits per heavy atom. The molecule has 24 heavy (non-hydrogen) atoms. The van der Waals surface area contributed by atoms with Crippen LogP contribution in [-0.4, -0.2) is 54.2 Å². The van der Waals surface area contributed by atoms with Crippen molar-refractivity contribution in [3.63, 3.8) is 0 Å². The largest absolute Gasteiger partial charge is 0.396 e. The van der Waals surface area contributed by atoms with Crippen molar-refractivity contribution in [3.05, 3.63) is 46.8 Å². The number of benzene rings is 1. The minimum absolute atomic E-state index is 0.289. The molecule has 3 heterocycles. The van der Waals surface area contributed by atoms with Crippen molar-refractivity contribution < 1.29 is 5.11 Å². The van der Waals surface area contributed by atoms with E-state index in [0.717, 1.165) is 39.1 Å². The number of thiophene rings is 1. The van der Waals surface area contributed by atoms with E-state index >= 15 is 0 Å². The van der Waals surface area contributed by atoms with Crippen LogP contribution < -0.4 is 0 Å². The maximum absolute atomic E-state index is 9.02. The standard InChI is InChI=1S/C19H22N2OS2/c22-12-3-7-20-8-10-21(11-9-20)17-14-15-4-1-2-5-18(15)24-19-16(17)6-13-23-19/h1-2,4-6,13-14,22H,3,7-12H2. The summed E-state index contributed by atoms with van der Waals surface area (Å²) < 4.78 is 1.40. The van der Waals surface area contributed by atoms with Crippen molar-refractivity contribution in [2.45, 2.75) is 15.5 Å². The number of aliphatic hydroxyl groups excluding tert-OH is 1. The van der Waals surface area contributed by atoms with E-state index in [1.54, 1.807) is 0 Å². The molecule has 5 heteroatoms. The van der Waals surface area contributed by atoms with Crippen molar-refractivity contribution in [1.29, 1.82) is 0 Å². The van der Waals surface area contributed by atoms with Gasteiger partial charge in [-0.25, -0.2) is 0 Å². The van der Waals surface area contributed by atoms with Crippen LogP contribution in [0.4, 0.5) is 0 Å². The first kappa shape index (κ1) is 16.2. The average Bonchev–Trinajstić information content (AvgIpc) is 3.01. The van der Waals surface area contributed by atoms with Gasteiger partial charge in [0.05, 0.1) is 4.21 Å². The average molecular weight is 359 g/mol. The lowest BCUT2D eigenvalue weighted by Gasteiger charge is -2.37. The second kappa shape index (κ2) is 7.31. The van der Waals surface area contributed by atoms with E-state index in [9.17, 15) is 0 Å². The monoisotopic (exact) mass is 358 g/mol. The Morgan fingerprint density at radius 1 is 1.04 bits per heavy atom. The smallest absolute Gasteiger partial charge is 0.0739 e. The normalized spacial score (nSPS) is 17.9. The fraction of sp³-hybridized carbons (Fsp3) is 0.368. The highest BCUT2D eigenvalue weighted by Gasteiger charge is 2.24. The molecule has 1 aromatic carbocycles. The number of piperazine rings is 1. The van der Waals surface area contributed by atoms with Crippen molar-refractivity contribution >= 4 is 34.9 Å². The Bertz CT molecular complexity index is 732. The zero-order chi connectivity index (χ0) is 16.4. The molecule has 2 aliphatic rings. The van der Waals surface area contributed by atoms with E-state index in [2.05, 4.69) is 51.6 Å². The van der Waals surface area contributed by atoms with Gasteiger partial charge in [-0.05, 0) is 35.6 Å². The maximum Gasteiger partial charge on any atom is 0.0739 e. The third-order valence-corrected chi connectivity index (χ3v) is 6.91. The van der Waals surface area contributed by atoms with Crippen LogP contribution in [-0.2, 0) is 0 Å². The van der Waals surface area contributed by atoms with Crippen LogP contribution in [0, 0.1) is 0 Å². The molecule has 0 aliphatic carbocycles. The van der Waals surface area contributed by atoms with Gasteiger partial charge in [-0.15, -0.1) is 11.3 Å². The SMILES string of the molecule is OCCCN1CCN(C2=Cc3ccccc3Sc3sccc32)CC1. The van der Waals surface area contributed by atoms with E-state index in [4.69, 9.17) is 5.11 Å². The van der Waals surface area contributed by atoms with E-state index in [-0.39, 0.29) is 6.61 Å². The predicted molar refractivity (Wildman–Crippen MR) is 102 cm³/mol. The van der Waals surface area contributed by atoms with E-state index < -0.39 is 0 Å². The molecule has 2 aromatic rings. The van der Waals surface area contributed by atoms with Crippen LogP contribution >= 0.6 is 23.1 Å². The molecule has 1 fully saturated rings. The van der Waals surface area contributed by atoms with Gasteiger partial charge in [0.2, 0.25) is 0 Å². The topological polar surface area (TPSA) is 26.7 Å². The van der Waals surface area contributed by atoms with E-state index in [1.165, 1.54) is 25.9 Å². The lowest BCUT2D eigenvalue weighted by molar-refractivity contribution is 0.161. The van der Waals surface area contributed by atoms with Gasteiger partial charge in [-0.2, -0.15) is 0 Å². The summed E-state index contributed by atoms with van der Waals surface area (Å²) in [5.41, 5.74) is 4.07. The Balaban J connectivity index is 1.59. The molecule has 0 saturated carbocycles. The van der Waals surface area contributed by atoms with Crippen LogP contribution in [0.1, 0.15) is 17.5 Å². The minimum Gasteiger partial charge on any atom is -0.396 e. The molecular formula is C19H22N2OS2. The molecule has 1 aromatic heterocycles. The number of fused-ring (bicyclic) bond motifs is 2. The molecule has 0 bridgehead atoms. The quantitative estimate of drug-likeness (QED) is 0.901. The van der Waals surface area contributed by atoms with Crippen LogP contribution in [0.3, 0.4) is 0 Å². The first-order chi connectivity index (χ1) is 11.8. The van der Waals surface area contributed by atoms with Crippen LogP contribution in [0.25, 0.3) is 11.8 Å². The summed E-state index contributed by atoms with van der Waals surface area (Å²) in [6.07, 6.45) is 3.24. The Kier molecular flexibility index (Phi) is 4.94. The number of hydrogen-bond donors (Lipinski definition) is 1. The molecule has 0 amide bonds. The summed E-state index contributed by atoms with van der Waals surface area (Å²) in [4.78, 5) is 6.34. The number of nitrogens with zero attached hydrogens (tertiary/aromatic N) is 2. The van der Waals surface area contributed by atoms with Crippen LogP contribution in [0.2, 0.25) is 0 Å². The van der Waals surface area contributed by atoms with Crippen molar-refractivity contribution in [1.82, 2.24) is 9.80 Å². The van der Waals surface area contributed by atoms with Gasteiger partial charge >= 0.3 is 0 Å².